The van der Waals surface area contributed by atoms with Crippen molar-refractivity contribution < 1.29 is 0 Å². The first-order valence-electron chi connectivity index (χ1n) is 8.91. The summed E-state index contributed by atoms with van der Waals surface area (Å²) in [6.45, 7) is 2.04. The van der Waals surface area contributed by atoms with Gasteiger partial charge in [-0.15, -0.1) is 0 Å². The largest absolute Gasteiger partial charge is 0.363 e. The molecule has 5 heteroatoms. The van der Waals surface area contributed by atoms with Crippen molar-refractivity contribution in [1.29, 1.82) is 0 Å². The highest BCUT2D eigenvalue weighted by Gasteiger charge is 2.29. The van der Waals surface area contributed by atoms with Crippen molar-refractivity contribution in [3.05, 3.63) is 54.0 Å². The van der Waals surface area contributed by atoms with E-state index in [1.54, 1.807) is 0 Å². The quantitative estimate of drug-likeness (QED) is 0.732. The Labute approximate surface area is 148 Å². The molecule has 25 heavy (non-hydrogen) atoms. The highest BCUT2D eigenvalue weighted by Crippen LogP contribution is 2.33. The van der Waals surface area contributed by atoms with Gasteiger partial charge in [-0.3, -0.25) is 4.90 Å². The number of anilines is 1. The molecule has 0 radical (unpaired) electrons. The normalized spacial score (nSPS) is 18.1. The van der Waals surface area contributed by atoms with Crippen molar-refractivity contribution in [3.63, 3.8) is 0 Å². The van der Waals surface area contributed by atoms with Crippen LogP contribution in [0.3, 0.4) is 0 Å². The fraction of sp³-hybridized carbons (Fsp3) is 0.400. The number of benzene rings is 1. The molecule has 0 amide bonds. The molecule has 5 nitrogen and oxygen atoms in total. The Bertz CT molecular complexity index is 865. The molecular weight excluding hydrogens is 310 g/mol. The highest BCUT2D eigenvalue weighted by molar-refractivity contribution is 5.75. The van der Waals surface area contributed by atoms with Crippen LogP contribution in [0.15, 0.2) is 42.6 Å². The van der Waals surface area contributed by atoms with E-state index in [1.807, 2.05) is 25.2 Å². The van der Waals surface area contributed by atoms with Crippen molar-refractivity contribution in [3.8, 4) is 0 Å². The second-order valence-corrected chi connectivity index (χ2v) is 7.07. The first-order valence-corrected chi connectivity index (χ1v) is 8.91. The van der Waals surface area contributed by atoms with Gasteiger partial charge < -0.3 is 9.47 Å². The van der Waals surface area contributed by atoms with Gasteiger partial charge in [-0.05, 0) is 43.1 Å². The average molecular weight is 335 g/mol. The van der Waals surface area contributed by atoms with E-state index >= 15 is 0 Å². The van der Waals surface area contributed by atoms with Gasteiger partial charge in [0.1, 0.15) is 11.6 Å². The molecule has 130 valence electrons. The van der Waals surface area contributed by atoms with Gasteiger partial charge in [0.15, 0.2) is 0 Å². The van der Waals surface area contributed by atoms with Gasteiger partial charge in [-0.2, -0.15) is 0 Å². The Balaban J connectivity index is 1.58. The third kappa shape index (κ3) is 3.00. The van der Waals surface area contributed by atoms with E-state index in [9.17, 15) is 0 Å². The van der Waals surface area contributed by atoms with Crippen LogP contribution >= 0.6 is 0 Å². The predicted molar refractivity (Wildman–Crippen MR) is 102 cm³/mol. The zero-order valence-electron chi connectivity index (χ0n) is 15.2. The van der Waals surface area contributed by atoms with Crippen molar-refractivity contribution >= 4 is 16.9 Å². The van der Waals surface area contributed by atoms with Crippen LogP contribution in [0.2, 0.25) is 0 Å². The summed E-state index contributed by atoms with van der Waals surface area (Å²) in [5.41, 5.74) is 3.56. The van der Waals surface area contributed by atoms with Crippen molar-refractivity contribution in [2.75, 3.05) is 25.5 Å². The molecule has 1 saturated heterocycles. The minimum absolute atomic E-state index is 0.380. The van der Waals surface area contributed by atoms with E-state index in [1.165, 1.54) is 29.7 Å². The number of para-hydroxylation sites is 2. The number of imidazole rings is 1. The van der Waals surface area contributed by atoms with Crippen molar-refractivity contribution in [2.24, 2.45) is 7.05 Å². The molecule has 0 aliphatic carbocycles. The molecule has 3 aromatic rings. The molecule has 0 bridgehead atoms. The second-order valence-electron chi connectivity index (χ2n) is 7.07. The smallest absolute Gasteiger partial charge is 0.127 e. The summed E-state index contributed by atoms with van der Waals surface area (Å²) in [6.07, 6.45) is 4.39. The van der Waals surface area contributed by atoms with Crippen LogP contribution in [0.5, 0.6) is 0 Å². The first-order chi connectivity index (χ1) is 12.1. The third-order valence-corrected chi connectivity index (χ3v) is 5.14. The van der Waals surface area contributed by atoms with Crippen molar-refractivity contribution in [1.82, 2.24) is 19.4 Å². The summed E-state index contributed by atoms with van der Waals surface area (Å²) in [4.78, 5) is 14.0. The van der Waals surface area contributed by atoms with E-state index in [2.05, 4.69) is 57.9 Å². The number of likely N-dealkylation sites (tertiary alicyclic amines) is 1. The average Bonchev–Trinajstić information content (AvgIpc) is 3.20. The van der Waals surface area contributed by atoms with Gasteiger partial charge >= 0.3 is 0 Å². The lowest BCUT2D eigenvalue weighted by molar-refractivity contribution is 0.237. The lowest BCUT2D eigenvalue weighted by Crippen LogP contribution is -2.25. The van der Waals surface area contributed by atoms with Crippen LogP contribution in [0, 0.1) is 0 Å². The maximum Gasteiger partial charge on any atom is 0.127 e. The number of hydrogen-bond acceptors (Lipinski definition) is 4. The maximum atomic E-state index is 4.92. The lowest BCUT2D eigenvalue weighted by Gasteiger charge is -2.24. The fourth-order valence-corrected chi connectivity index (χ4v) is 3.78. The second kappa shape index (κ2) is 6.48. The zero-order chi connectivity index (χ0) is 17.4. The topological polar surface area (TPSA) is 37.2 Å². The molecule has 0 N–H and O–H groups in total. The van der Waals surface area contributed by atoms with Crippen LogP contribution in [-0.2, 0) is 13.6 Å². The summed E-state index contributed by atoms with van der Waals surface area (Å²) in [5.74, 6) is 2.17. The van der Waals surface area contributed by atoms with E-state index in [-0.39, 0.29) is 0 Å². The minimum atomic E-state index is 0.380. The molecule has 0 spiro atoms. The Morgan fingerprint density at radius 2 is 2.00 bits per heavy atom. The number of aromatic nitrogens is 3. The SMILES string of the molecule is CN(C)c1ccc(CN2CCC[C@@H]2c2nc3ccccc3n2C)cn1. The summed E-state index contributed by atoms with van der Waals surface area (Å²) < 4.78 is 2.26. The van der Waals surface area contributed by atoms with Gasteiger partial charge in [0, 0.05) is 33.9 Å². The van der Waals surface area contributed by atoms with Gasteiger partial charge in [-0.1, -0.05) is 18.2 Å². The Morgan fingerprint density at radius 3 is 2.72 bits per heavy atom. The van der Waals surface area contributed by atoms with Crippen LogP contribution in [0.1, 0.15) is 30.3 Å². The lowest BCUT2D eigenvalue weighted by atomic mass is 10.2. The number of fused-ring (bicyclic) bond motifs is 1. The fourth-order valence-electron chi connectivity index (χ4n) is 3.78. The van der Waals surface area contributed by atoms with Gasteiger partial charge in [-0.25, -0.2) is 9.97 Å². The Hall–Kier alpha value is -2.40. The Kier molecular flexibility index (Phi) is 4.17. The first kappa shape index (κ1) is 16.1. The summed E-state index contributed by atoms with van der Waals surface area (Å²) in [5, 5.41) is 0. The van der Waals surface area contributed by atoms with E-state index in [4.69, 9.17) is 4.98 Å². The zero-order valence-corrected chi connectivity index (χ0v) is 15.2. The Morgan fingerprint density at radius 1 is 1.16 bits per heavy atom. The molecule has 1 aliphatic heterocycles. The molecule has 4 rings (SSSR count). The molecule has 0 saturated carbocycles. The summed E-state index contributed by atoms with van der Waals surface area (Å²) in [7, 11) is 6.17. The molecule has 0 unspecified atom stereocenters. The molecule has 3 heterocycles. The van der Waals surface area contributed by atoms with Gasteiger partial charge in [0.25, 0.3) is 0 Å². The molecule has 2 aromatic heterocycles. The molecule has 1 aromatic carbocycles. The molecule has 1 fully saturated rings. The number of rotatable bonds is 4. The van der Waals surface area contributed by atoms with E-state index < -0.39 is 0 Å². The van der Waals surface area contributed by atoms with E-state index in [0.717, 1.165) is 24.4 Å². The molecule has 1 atom stereocenters. The number of hydrogen-bond donors (Lipinski definition) is 0. The highest BCUT2D eigenvalue weighted by atomic mass is 15.2. The van der Waals surface area contributed by atoms with E-state index in [0.29, 0.717) is 6.04 Å². The van der Waals surface area contributed by atoms with Crippen LogP contribution in [-0.4, -0.2) is 40.1 Å². The maximum absolute atomic E-state index is 4.92. The van der Waals surface area contributed by atoms with Crippen LogP contribution in [0.4, 0.5) is 5.82 Å². The van der Waals surface area contributed by atoms with Crippen LogP contribution < -0.4 is 4.90 Å². The third-order valence-electron chi connectivity index (χ3n) is 5.14. The van der Waals surface area contributed by atoms with Crippen molar-refractivity contribution in [2.45, 2.75) is 25.4 Å². The number of nitrogens with zero attached hydrogens (tertiary/aromatic N) is 5. The number of aryl methyl sites for hydroxylation is 1. The monoisotopic (exact) mass is 335 g/mol. The van der Waals surface area contributed by atoms with Crippen LogP contribution in [0.25, 0.3) is 11.0 Å². The standard InChI is InChI=1S/C20H25N5/c1-23(2)19-11-10-15(13-21-19)14-25-12-6-9-18(25)20-22-16-7-4-5-8-17(16)24(20)3/h4-5,7-8,10-11,13,18H,6,9,12,14H2,1-3H3/t18-/m1/s1. The van der Waals surface area contributed by atoms with Gasteiger partial charge in [0.05, 0.1) is 17.1 Å². The minimum Gasteiger partial charge on any atom is -0.363 e. The predicted octanol–water partition coefficient (Wildman–Crippen LogP) is 3.37. The molecule has 1 aliphatic rings. The number of pyridine rings is 1. The molecular formula is C20H25N5. The summed E-state index contributed by atoms with van der Waals surface area (Å²) in [6, 6.07) is 13.0. The van der Waals surface area contributed by atoms with Gasteiger partial charge in [0.2, 0.25) is 0 Å². The summed E-state index contributed by atoms with van der Waals surface area (Å²) >= 11 is 0.